The van der Waals surface area contributed by atoms with Crippen LogP contribution < -0.4 is 10.6 Å². The molecule has 1 unspecified atom stereocenters. The summed E-state index contributed by atoms with van der Waals surface area (Å²) in [7, 11) is 0. The number of urea groups is 1. The molecule has 2 rings (SSSR count). The molecule has 1 fully saturated rings. The van der Waals surface area contributed by atoms with Crippen LogP contribution in [0.15, 0.2) is 18.2 Å². The largest absolute Gasteiger partial charge is 0.464 e. The van der Waals surface area contributed by atoms with Gasteiger partial charge in [-0.25, -0.2) is 18.4 Å². The van der Waals surface area contributed by atoms with Crippen LogP contribution in [0.1, 0.15) is 31.4 Å². The van der Waals surface area contributed by atoms with E-state index in [4.69, 9.17) is 4.74 Å². The van der Waals surface area contributed by atoms with Crippen molar-refractivity contribution in [3.05, 3.63) is 35.4 Å². The summed E-state index contributed by atoms with van der Waals surface area (Å²) < 4.78 is 70.9. The first-order valence-corrected chi connectivity index (χ1v) is 7.36. The Balaban J connectivity index is 2.15. The van der Waals surface area contributed by atoms with Crippen molar-refractivity contribution < 1.29 is 36.3 Å². The Hall–Kier alpha value is -2.39. The number of ether oxygens (including phenoxy) is 1. The minimum absolute atomic E-state index is 0.0514. The molecule has 2 N–H and O–H groups in total. The summed E-state index contributed by atoms with van der Waals surface area (Å²) in [4.78, 5) is 23.6. The highest BCUT2D eigenvalue weighted by Gasteiger charge is 2.53. The molecule has 1 aromatic rings. The molecule has 0 radical (unpaired) electrons. The number of nitrogens with one attached hydrogen (secondary N) is 2. The standard InChI is InChI=1S/C15H15F5N2O3/c1-2-25-12(23)14(5-6-14)22-13(24)21-11(15(18,19)20)9-4-3-8(16)7-10(9)17/h3-4,7,11H,2,5-6H2,1H3,(H2,21,22,24). The lowest BCUT2D eigenvalue weighted by molar-refractivity contribution is -0.155. The quantitative estimate of drug-likeness (QED) is 0.622. The molecule has 10 heteroatoms. The van der Waals surface area contributed by atoms with Gasteiger partial charge in [0.1, 0.15) is 17.2 Å². The van der Waals surface area contributed by atoms with Crippen molar-refractivity contribution in [1.82, 2.24) is 10.6 Å². The number of halogens is 5. The number of benzene rings is 1. The number of carbonyl (C=O) groups is 2. The molecule has 25 heavy (non-hydrogen) atoms. The fraction of sp³-hybridized carbons (Fsp3) is 0.467. The van der Waals surface area contributed by atoms with Crippen molar-refractivity contribution in [2.24, 2.45) is 0 Å². The Morgan fingerprint density at radius 1 is 1.28 bits per heavy atom. The van der Waals surface area contributed by atoms with E-state index >= 15 is 0 Å². The van der Waals surface area contributed by atoms with Crippen LogP contribution in [0.5, 0.6) is 0 Å². The zero-order valence-electron chi connectivity index (χ0n) is 13.0. The maximum atomic E-state index is 13.7. The molecule has 1 atom stereocenters. The summed E-state index contributed by atoms with van der Waals surface area (Å²) in [5.41, 5.74) is -2.30. The molecule has 2 amide bonds. The molecule has 1 aliphatic carbocycles. The van der Waals surface area contributed by atoms with E-state index in [1.54, 1.807) is 12.2 Å². The number of amides is 2. The average molecular weight is 366 g/mol. The maximum absolute atomic E-state index is 13.7. The van der Waals surface area contributed by atoms with Crippen LogP contribution in [0, 0.1) is 11.6 Å². The van der Waals surface area contributed by atoms with E-state index in [1.165, 1.54) is 0 Å². The molecule has 1 saturated carbocycles. The predicted octanol–water partition coefficient (Wildman–Crippen LogP) is 2.96. The minimum Gasteiger partial charge on any atom is -0.464 e. The molecule has 0 heterocycles. The highest BCUT2D eigenvalue weighted by atomic mass is 19.4. The summed E-state index contributed by atoms with van der Waals surface area (Å²) >= 11 is 0. The molecule has 5 nitrogen and oxygen atoms in total. The van der Waals surface area contributed by atoms with Crippen LogP contribution in [0.4, 0.5) is 26.7 Å². The molecule has 138 valence electrons. The highest BCUT2D eigenvalue weighted by molar-refractivity contribution is 5.90. The topological polar surface area (TPSA) is 67.4 Å². The SMILES string of the molecule is CCOC(=O)C1(NC(=O)NC(c2ccc(F)cc2F)C(F)(F)F)CC1. The smallest absolute Gasteiger partial charge is 0.413 e. The zero-order valence-corrected chi connectivity index (χ0v) is 13.0. The second-order valence-electron chi connectivity index (χ2n) is 5.54. The lowest BCUT2D eigenvalue weighted by Crippen LogP contribution is -2.51. The van der Waals surface area contributed by atoms with Crippen molar-refractivity contribution in [3.8, 4) is 0 Å². The van der Waals surface area contributed by atoms with E-state index in [0.717, 1.165) is 0 Å². The van der Waals surface area contributed by atoms with E-state index < -0.39 is 47.0 Å². The summed E-state index contributed by atoms with van der Waals surface area (Å²) in [6.45, 7) is 1.60. The molecule has 1 aliphatic rings. The Morgan fingerprint density at radius 2 is 1.92 bits per heavy atom. The Bertz CT molecular complexity index is 674. The molecule has 0 bridgehead atoms. The van der Waals surface area contributed by atoms with Crippen molar-refractivity contribution >= 4 is 12.0 Å². The third-order valence-electron chi connectivity index (χ3n) is 3.65. The van der Waals surface area contributed by atoms with Crippen LogP contribution >= 0.6 is 0 Å². The van der Waals surface area contributed by atoms with Gasteiger partial charge < -0.3 is 15.4 Å². The molecule has 1 aromatic carbocycles. The van der Waals surface area contributed by atoms with Crippen LogP contribution in [-0.2, 0) is 9.53 Å². The fourth-order valence-corrected chi connectivity index (χ4v) is 2.23. The van der Waals surface area contributed by atoms with Gasteiger partial charge in [-0.1, -0.05) is 6.07 Å². The van der Waals surface area contributed by atoms with Crippen LogP contribution in [0.3, 0.4) is 0 Å². The first-order valence-electron chi connectivity index (χ1n) is 7.36. The minimum atomic E-state index is -5.03. The lowest BCUT2D eigenvalue weighted by atomic mass is 10.1. The number of esters is 1. The number of alkyl halides is 3. The second-order valence-corrected chi connectivity index (χ2v) is 5.54. The third-order valence-corrected chi connectivity index (χ3v) is 3.65. The average Bonchev–Trinajstić information content (AvgIpc) is 3.25. The van der Waals surface area contributed by atoms with Gasteiger partial charge in [-0.05, 0) is 25.8 Å². The van der Waals surface area contributed by atoms with E-state index in [1.807, 2.05) is 0 Å². The molecular weight excluding hydrogens is 351 g/mol. The van der Waals surface area contributed by atoms with Crippen LogP contribution in [0.2, 0.25) is 0 Å². The number of hydrogen-bond acceptors (Lipinski definition) is 3. The normalized spacial score (nSPS) is 16.7. The van der Waals surface area contributed by atoms with Gasteiger partial charge in [0.05, 0.1) is 6.61 Å². The van der Waals surface area contributed by atoms with E-state index in [9.17, 15) is 31.5 Å². The van der Waals surface area contributed by atoms with Gasteiger partial charge in [0.25, 0.3) is 0 Å². The van der Waals surface area contributed by atoms with Crippen LogP contribution in [0.25, 0.3) is 0 Å². The van der Waals surface area contributed by atoms with Gasteiger partial charge in [-0.3, -0.25) is 0 Å². The van der Waals surface area contributed by atoms with Gasteiger partial charge in [0.2, 0.25) is 0 Å². The molecule has 0 saturated heterocycles. The highest BCUT2D eigenvalue weighted by Crippen LogP contribution is 2.38. The first-order chi connectivity index (χ1) is 11.6. The fourth-order valence-electron chi connectivity index (χ4n) is 2.23. The molecule has 0 aromatic heterocycles. The van der Waals surface area contributed by atoms with E-state index in [-0.39, 0.29) is 25.5 Å². The Labute approximate surface area is 139 Å². The molecule has 0 aliphatic heterocycles. The lowest BCUT2D eigenvalue weighted by Gasteiger charge is -2.24. The number of hydrogen-bond donors (Lipinski definition) is 2. The van der Waals surface area contributed by atoms with E-state index in [0.29, 0.717) is 12.1 Å². The number of rotatable bonds is 5. The van der Waals surface area contributed by atoms with Gasteiger partial charge in [0.15, 0.2) is 6.04 Å². The maximum Gasteiger partial charge on any atom is 0.413 e. The van der Waals surface area contributed by atoms with E-state index in [2.05, 4.69) is 5.32 Å². The zero-order chi connectivity index (χ0) is 18.8. The van der Waals surface area contributed by atoms with Crippen molar-refractivity contribution in [1.29, 1.82) is 0 Å². The van der Waals surface area contributed by atoms with Crippen molar-refractivity contribution in [2.45, 2.75) is 37.5 Å². The van der Waals surface area contributed by atoms with Gasteiger partial charge in [-0.15, -0.1) is 0 Å². The van der Waals surface area contributed by atoms with Gasteiger partial charge in [0, 0.05) is 11.6 Å². The summed E-state index contributed by atoms with van der Waals surface area (Å²) in [6, 6.07) is -2.48. The first kappa shape index (κ1) is 18.9. The summed E-state index contributed by atoms with van der Waals surface area (Å²) in [5, 5.41) is 3.72. The van der Waals surface area contributed by atoms with Crippen molar-refractivity contribution in [2.75, 3.05) is 6.61 Å². The Morgan fingerprint density at radius 3 is 2.40 bits per heavy atom. The third kappa shape index (κ3) is 4.37. The second kappa shape index (κ2) is 6.85. The predicted molar refractivity (Wildman–Crippen MR) is 75.4 cm³/mol. The molecular formula is C15H15F5N2O3. The van der Waals surface area contributed by atoms with Crippen molar-refractivity contribution in [3.63, 3.8) is 0 Å². The monoisotopic (exact) mass is 366 g/mol. The van der Waals surface area contributed by atoms with Gasteiger partial charge >= 0.3 is 18.2 Å². The molecule has 0 spiro atoms. The Kier molecular flexibility index (Phi) is 5.19. The summed E-state index contributed by atoms with van der Waals surface area (Å²) in [6.07, 6.45) is -4.58. The van der Waals surface area contributed by atoms with Gasteiger partial charge in [-0.2, -0.15) is 13.2 Å². The number of carbonyl (C=O) groups excluding carboxylic acids is 2. The summed E-state index contributed by atoms with van der Waals surface area (Å²) in [5.74, 6) is -3.25. The van der Waals surface area contributed by atoms with Crippen LogP contribution in [-0.4, -0.2) is 30.3 Å².